The molecule has 4 aromatic rings. The van der Waals surface area contributed by atoms with Crippen LogP contribution in [0.15, 0.2) is 91.6 Å². The Morgan fingerprint density at radius 1 is 1.03 bits per heavy atom. The number of anilines is 1. The van der Waals surface area contributed by atoms with E-state index in [9.17, 15) is 9.59 Å². The van der Waals surface area contributed by atoms with Gasteiger partial charge in [-0.05, 0) is 48.5 Å². The highest BCUT2D eigenvalue weighted by Gasteiger charge is 2.21. The van der Waals surface area contributed by atoms with E-state index in [0.29, 0.717) is 33.7 Å². The molecule has 0 saturated heterocycles. The molecule has 8 nitrogen and oxygen atoms in total. The smallest absolute Gasteiger partial charge is 0.256 e. The number of nitrogens with one attached hydrogen (secondary N) is 1. The lowest BCUT2D eigenvalue weighted by molar-refractivity contribution is -0.116. The van der Waals surface area contributed by atoms with Crippen LogP contribution in [0.5, 0.6) is 11.5 Å². The van der Waals surface area contributed by atoms with Crippen molar-refractivity contribution in [3.05, 3.63) is 102 Å². The molecule has 9 heteroatoms. The summed E-state index contributed by atoms with van der Waals surface area (Å²) in [6.07, 6.45) is 3.38. The SMILES string of the molecule is C=CCN(CC(=O)Nc1nc(-c2cccc(OC)c2)cn1-c1ccc(OC)cc1)C(=O)c1ccccc1Cl. The number of carbonyl (C=O) groups excluding carboxylic acids is 2. The van der Waals surface area contributed by atoms with Crippen LogP contribution in [0.1, 0.15) is 10.4 Å². The van der Waals surface area contributed by atoms with E-state index < -0.39 is 5.91 Å². The van der Waals surface area contributed by atoms with Crippen LogP contribution in [0.3, 0.4) is 0 Å². The summed E-state index contributed by atoms with van der Waals surface area (Å²) in [5, 5.41) is 3.17. The number of hydrogen-bond acceptors (Lipinski definition) is 5. The molecule has 4 rings (SSSR count). The predicted octanol–water partition coefficient (Wildman–Crippen LogP) is 5.48. The van der Waals surface area contributed by atoms with Gasteiger partial charge in [0.25, 0.3) is 5.91 Å². The molecule has 0 fully saturated rings. The molecular weight excluding hydrogens is 504 g/mol. The Labute approximate surface area is 226 Å². The maximum atomic E-state index is 13.2. The molecule has 1 N–H and O–H groups in total. The average molecular weight is 531 g/mol. The van der Waals surface area contributed by atoms with Crippen LogP contribution in [-0.2, 0) is 4.79 Å². The van der Waals surface area contributed by atoms with Crippen molar-refractivity contribution in [2.24, 2.45) is 0 Å². The highest BCUT2D eigenvalue weighted by molar-refractivity contribution is 6.33. The Morgan fingerprint density at radius 3 is 2.45 bits per heavy atom. The highest BCUT2D eigenvalue weighted by atomic mass is 35.5. The van der Waals surface area contributed by atoms with Crippen LogP contribution >= 0.6 is 11.6 Å². The fraction of sp³-hybridized carbons (Fsp3) is 0.138. The van der Waals surface area contributed by atoms with Crippen molar-refractivity contribution in [2.45, 2.75) is 0 Å². The molecule has 1 heterocycles. The van der Waals surface area contributed by atoms with E-state index >= 15 is 0 Å². The molecule has 0 bridgehead atoms. The number of hydrogen-bond donors (Lipinski definition) is 1. The van der Waals surface area contributed by atoms with Crippen LogP contribution in [0.4, 0.5) is 5.95 Å². The summed E-state index contributed by atoms with van der Waals surface area (Å²) < 4.78 is 12.4. The van der Waals surface area contributed by atoms with Crippen LogP contribution < -0.4 is 14.8 Å². The summed E-state index contributed by atoms with van der Waals surface area (Å²) >= 11 is 6.22. The molecule has 38 heavy (non-hydrogen) atoms. The van der Waals surface area contributed by atoms with Gasteiger partial charge in [-0.1, -0.05) is 41.9 Å². The van der Waals surface area contributed by atoms with Gasteiger partial charge in [0.15, 0.2) is 0 Å². The first-order valence-corrected chi connectivity index (χ1v) is 12.1. The maximum Gasteiger partial charge on any atom is 0.256 e. The fourth-order valence-corrected chi connectivity index (χ4v) is 4.06. The van der Waals surface area contributed by atoms with Gasteiger partial charge in [-0.25, -0.2) is 4.98 Å². The first kappa shape index (κ1) is 26.5. The minimum absolute atomic E-state index is 0.166. The van der Waals surface area contributed by atoms with Crippen molar-refractivity contribution in [2.75, 3.05) is 32.6 Å². The zero-order valence-corrected chi connectivity index (χ0v) is 21.8. The number of aromatic nitrogens is 2. The molecule has 3 aromatic carbocycles. The number of nitrogens with zero attached hydrogens (tertiary/aromatic N) is 3. The second-order valence-electron chi connectivity index (χ2n) is 8.25. The molecule has 0 aliphatic carbocycles. The van der Waals surface area contributed by atoms with Crippen LogP contribution in [0.2, 0.25) is 5.02 Å². The normalized spacial score (nSPS) is 10.5. The average Bonchev–Trinajstić information content (AvgIpc) is 3.36. The molecule has 0 unspecified atom stereocenters. The van der Waals surface area contributed by atoms with Gasteiger partial charge in [0, 0.05) is 24.0 Å². The first-order valence-electron chi connectivity index (χ1n) is 11.8. The number of benzene rings is 3. The predicted molar refractivity (Wildman–Crippen MR) is 148 cm³/mol. The van der Waals surface area contributed by atoms with Gasteiger partial charge >= 0.3 is 0 Å². The number of ether oxygens (including phenoxy) is 2. The number of halogens is 1. The Bertz CT molecular complexity index is 1450. The number of methoxy groups -OCH3 is 2. The molecule has 194 valence electrons. The minimum atomic E-state index is -0.426. The lowest BCUT2D eigenvalue weighted by Gasteiger charge is -2.21. The third-order valence-electron chi connectivity index (χ3n) is 5.75. The third-order valence-corrected chi connectivity index (χ3v) is 6.08. The van der Waals surface area contributed by atoms with Crippen molar-refractivity contribution < 1.29 is 19.1 Å². The molecular formula is C29H27ClN4O4. The zero-order valence-electron chi connectivity index (χ0n) is 21.1. The van der Waals surface area contributed by atoms with Crippen molar-refractivity contribution in [1.29, 1.82) is 0 Å². The van der Waals surface area contributed by atoms with Gasteiger partial charge in [-0.3, -0.25) is 19.5 Å². The Kier molecular flexibility index (Phi) is 8.45. The molecule has 0 atom stereocenters. The summed E-state index contributed by atoms with van der Waals surface area (Å²) in [7, 11) is 3.19. The summed E-state index contributed by atoms with van der Waals surface area (Å²) in [5.74, 6) is 0.878. The largest absolute Gasteiger partial charge is 0.497 e. The zero-order chi connectivity index (χ0) is 27.1. The van der Waals surface area contributed by atoms with E-state index in [4.69, 9.17) is 21.1 Å². The van der Waals surface area contributed by atoms with Crippen LogP contribution in [-0.4, -0.2) is 53.6 Å². The third kappa shape index (κ3) is 6.04. The molecule has 0 radical (unpaired) electrons. The fourth-order valence-electron chi connectivity index (χ4n) is 3.85. The number of amides is 2. The van der Waals surface area contributed by atoms with Gasteiger partial charge in [0.1, 0.15) is 18.0 Å². The van der Waals surface area contributed by atoms with Gasteiger partial charge in [0.2, 0.25) is 11.9 Å². The van der Waals surface area contributed by atoms with Gasteiger partial charge in [-0.15, -0.1) is 6.58 Å². The second kappa shape index (κ2) is 12.1. The van der Waals surface area contributed by atoms with Crippen molar-refractivity contribution in [3.63, 3.8) is 0 Å². The molecule has 1 aromatic heterocycles. The van der Waals surface area contributed by atoms with Crippen molar-refractivity contribution in [3.8, 4) is 28.4 Å². The Hall–Kier alpha value is -4.56. The van der Waals surface area contributed by atoms with E-state index in [1.54, 1.807) is 49.1 Å². The first-order chi connectivity index (χ1) is 18.4. The monoisotopic (exact) mass is 530 g/mol. The van der Waals surface area contributed by atoms with Crippen molar-refractivity contribution in [1.82, 2.24) is 14.5 Å². The van der Waals surface area contributed by atoms with Crippen LogP contribution in [0.25, 0.3) is 16.9 Å². The minimum Gasteiger partial charge on any atom is -0.497 e. The second-order valence-corrected chi connectivity index (χ2v) is 8.66. The number of rotatable bonds is 10. The number of imidazole rings is 1. The van der Waals surface area contributed by atoms with Gasteiger partial charge < -0.3 is 14.4 Å². The maximum absolute atomic E-state index is 13.2. The molecule has 0 spiro atoms. The molecule has 0 aliphatic heterocycles. The van der Waals surface area contributed by atoms with Gasteiger partial charge in [0.05, 0.1) is 30.5 Å². The highest BCUT2D eigenvalue weighted by Crippen LogP contribution is 2.28. The molecule has 0 saturated carbocycles. The standard InChI is InChI=1S/C29H27ClN4O4/c1-4-16-33(28(36)24-10-5-6-11-25(24)30)19-27(35)32-29-31-26(20-8-7-9-23(17-20)38-3)18-34(29)21-12-14-22(37-2)15-13-21/h4-15,17-18H,1,16,19H2,2-3H3,(H,31,32,35). The summed E-state index contributed by atoms with van der Waals surface area (Å²) in [6, 6.07) is 21.5. The summed E-state index contributed by atoms with van der Waals surface area (Å²) in [6.45, 7) is 3.66. The lowest BCUT2D eigenvalue weighted by Crippen LogP contribution is -2.38. The molecule has 2 amide bonds. The van der Waals surface area contributed by atoms with E-state index in [1.165, 1.54) is 4.90 Å². The van der Waals surface area contributed by atoms with E-state index in [0.717, 1.165) is 11.3 Å². The lowest BCUT2D eigenvalue weighted by atomic mass is 10.1. The molecule has 0 aliphatic rings. The van der Waals surface area contributed by atoms with Crippen molar-refractivity contribution >= 4 is 29.4 Å². The summed E-state index contributed by atoms with van der Waals surface area (Å²) in [5.41, 5.74) is 2.51. The van der Waals surface area contributed by atoms with Gasteiger partial charge in [-0.2, -0.15) is 0 Å². The Balaban J connectivity index is 1.64. The van der Waals surface area contributed by atoms with Crippen LogP contribution in [0, 0.1) is 0 Å². The Morgan fingerprint density at radius 2 is 1.76 bits per heavy atom. The van der Waals surface area contributed by atoms with E-state index in [-0.39, 0.29) is 19.0 Å². The summed E-state index contributed by atoms with van der Waals surface area (Å²) in [4.78, 5) is 32.3. The van der Waals surface area contributed by atoms with E-state index in [1.807, 2.05) is 54.7 Å². The van der Waals surface area contributed by atoms with E-state index in [2.05, 4.69) is 16.9 Å². The quantitative estimate of drug-likeness (QED) is 0.274. The number of carbonyl (C=O) groups is 2. The topological polar surface area (TPSA) is 85.7 Å².